The van der Waals surface area contributed by atoms with Gasteiger partial charge in [-0.05, 0) is 26.0 Å². The summed E-state index contributed by atoms with van der Waals surface area (Å²) in [5.74, 6) is 0.249. The number of hydrogen-bond donors (Lipinski definition) is 2. The number of aromatic amines is 1. The molecule has 0 saturated carbocycles. The Morgan fingerprint density at radius 3 is 2.67 bits per heavy atom. The molecule has 0 aliphatic heterocycles. The average Bonchev–Trinajstić information content (AvgIpc) is 2.87. The number of hydrogen-bond acceptors (Lipinski definition) is 5. The number of rotatable bonds is 5. The van der Waals surface area contributed by atoms with Gasteiger partial charge in [0.05, 0.1) is 9.75 Å². The molecular formula is C14H15N3O3S. The van der Waals surface area contributed by atoms with Crippen molar-refractivity contribution in [3.63, 3.8) is 0 Å². The normalized spacial score (nSPS) is 10.4. The van der Waals surface area contributed by atoms with Gasteiger partial charge in [0.2, 0.25) is 0 Å². The van der Waals surface area contributed by atoms with Gasteiger partial charge in [-0.15, -0.1) is 11.3 Å². The fraction of sp³-hybridized carbons (Fsp3) is 0.286. The Morgan fingerprint density at radius 1 is 1.33 bits per heavy atom. The van der Waals surface area contributed by atoms with E-state index in [1.807, 2.05) is 0 Å². The molecule has 0 atom stereocenters. The molecule has 0 radical (unpaired) electrons. The Labute approximate surface area is 125 Å². The van der Waals surface area contributed by atoms with E-state index in [-0.39, 0.29) is 17.2 Å². The number of carbonyl (C=O) groups excluding carboxylic acids is 2. The van der Waals surface area contributed by atoms with Crippen molar-refractivity contribution in [2.45, 2.75) is 20.3 Å². The molecule has 0 saturated heterocycles. The molecule has 0 aliphatic rings. The quantitative estimate of drug-likeness (QED) is 0.815. The van der Waals surface area contributed by atoms with Crippen LogP contribution in [-0.2, 0) is 6.42 Å². The summed E-state index contributed by atoms with van der Waals surface area (Å²) in [6.45, 7) is 3.57. The van der Waals surface area contributed by atoms with E-state index in [2.05, 4.69) is 15.3 Å². The van der Waals surface area contributed by atoms with Gasteiger partial charge in [-0.25, -0.2) is 4.98 Å². The Hall–Kier alpha value is -2.28. The molecule has 2 heterocycles. The highest BCUT2D eigenvalue weighted by molar-refractivity contribution is 7.15. The molecule has 110 valence electrons. The SMILES string of the molecule is CC(=O)c1ccc(C(=O)NCCc2nc(C)cc(=O)[nH]2)s1. The van der Waals surface area contributed by atoms with E-state index in [0.29, 0.717) is 34.2 Å². The van der Waals surface area contributed by atoms with Gasteiger partial charge in [0, 0.05) is 24.7 Å². The molecule has 21 heavy (non-hydrogen) atoms. The standard InChI is InChI=1S/C14H15N3O3S/c1-8-7-13(19)17-12(16-8)5-6-15-14(20)11-4-3-10(21-11)9(2)18/h3-4,7H,5-6H2,1-2H3,(H,15,20)(H,16,17,19). The van der Waals surface area contributed by atoms with Crippen molar-refractivity contribution < 1.29 is 9.59 Å². The van der Waals surface area contributed by atoms with Crippen LogP contribution in [0.2, 0.25) is 0 Å². The fourth-order valence-corrected chi connectivity index (χ4v) is 2.61. The van der Waals surface area contributed by atoms with E-state index in [0.717, 1.165) is 0 Å². The number of aromatic nitrogens is 2. The molecule has 7 heteroatoms. The van der Waals surface area contributed by atoms with E-state index in [4.69, 9.17) is 0 Å². The molecule has 6 nitrogen and oxygen atoms in total. The number of H-pyrrole nitrogens is 1. The summed E-state index contributed by atoms with van der Waals surface area (Å²) in [7, 11) is 0. The zero-order valence-corrected chi connectivity index (χ0v) is 12.5. The number of ketones is 1. The second-order valence-electron chi connectivity index (χ2n) is 4.56. The Kier molecular flexibility index (Phi) is 4.64. The molecule has 2 rings (SSSR count). The summed E-state index contributed by atoms with van der Waals surface area (Å²) in [6, 6.07) is 4.68. The van der Waals surface area contributed by atoms with E-state index in [1.165, 1.54) is 24.3 Å². The number of thiophene rings is 1. The van der Waals surface area contributed by atoms with Crippen LogP contribution in [0.15, 0.2) is 23.0 Å². The average molecular weight is 305 g/mol. The highest BCUT2D eigenvalue weighted by Crippen LogP contribution is 2.16. The van der Waals surface area contributed by atoms with Gasteiger partial charge in [0.15, 0.2) is 5.78 Å². The second-order valence-corrected chi connectivity index (χ2v) is 5.64. The van der Waals surface area contributed by atoms with Crippen LogP contribution in [0.3, 0.4) is 0 Å². The minimum absolute atomic E-state index is 0.0550. The van der Waals surface area contributed by atoms with Gasteiger partial charge in [-0.3, -0.25) is 14.4 Å². The van der Waals surface area contributed by atoms with Crippen LogP contribution in [0, 0.1) is 6.92 Å². The molecule has 2 aromatic rings. The van der Waals surface area contributed by atoms with E-state index in [9.17, 15) is 14.4 Å². The largest absolute Gasteiger partial charge is 0.351 e. The van der Waals surface area contributed by atoms with Crippen molar-refractivity contribution in [3.8, 4) is 0 Å². The van der Waals surface area contributed by atoms with E-state index in [1.54, 1.807) is 19.1 Å². The van der Waals surface area contributed by atoms with Gasteiger partial charge in [-0.2, -0.15) is 0 Å². The summed E-state index contributed by atoms with van der Waals surface area (Å²) in [5.41, 5.74) is 0.442. The minimum atomic E-state index is -0.234. The summed E-state index contributed by atoms with van der Waals surface area (Å²) in [4.78, 5) is 42.2. The zero-order chi connectivity index (χ0) is 15.4. The first-order valence-corrected chi connectivity index (χ1v) is 7.23. The Bertz CT molecular complexity index is 733. The van der Waals surface area contributed by atoms with Crippen LogP contribution in [0.4, 0.5) is 0 Å². The summed E-state index contributed by atoms with van der Waals surface area (Å²) < 4.78 is 0. The van der Waals surface area contributed by atoms with Crippen molar-refractivity contribution in [1.29, 1.82) is 0 Å². The lowest BCUT2D eigenvalue weighted by Gasteiger charge is -2.04. The lowest BCUT2D eigenvalue weighted by Crippen LogP contribution is -2.26. The highest BCUT2D eigenvalue weighted by atomic mass is 32.1. The lowest BCUT2D eigenvalue weighted by molar-refractivity contribution is 0.0957. The van der Waals surface area contributed by atoms with Crippen molar-refractivity contribution in [2.75, 3.05) is 6.54 Å². The van der Waals surface area contributed by atoms with Crippen molar-refractivity contribution >= 4 is 23.0 Å². The highest BCUT2D eigenvalue weighted by Gasteiger charge is 2.11. The molecular weight excluding hydrogens is 290 g/mol. The minimum Gasteiger partial charge on any atom is -0.351 e. The van der Waals surface area contributed by atoms with Gasteiger partial charge in [0.1, 0.15) is 5.82 Å². The molecule has 0 aliphatic carbocycles. The number of Topliss-reactive ketones (excluding diaryl/α,β-unsaturated/α-hetero) is 1. The Balaban J connectivity index is 1.91. The fourth-order valence-electron chi connectivity index (χ4n) is 1.79. The zero-order valence-electron chi connectivity index (χ0n) is 11.7. The smallest absolute Gasteiger partial charge is 0.261 e. The molecule has 0 bridgehead atoms. The van der Waals surface area contributed by atoms with Crippen molar-refractivity contribution in [2.24, 2.45) is 0 Å². The lowest BCUT2D eigenvalue weighted by atomic mass is 10.3. The summed E-state index contributed by atoms with van der Waals surface area (Å²) in [5, 5.41) is 2.74. The van der Waals surface area contributed by atoms with Crippen LogP contribution in [-0.4, -0.2) is 28.2 Å². The van der Waals surface area contributed by atoms with Gasteiger partial charge in [-0.1, -0.05) is 0 Å². The maximum Gasteiger partial charge on any atom is 0.261 e. The third-order valence-electron chi connectivity index (χ3n) is 2.74. The topological polar surface area (TPSA) is 91.9 Å². The second kappa shape index (κ2) is 6.45. The first-order chi connectivity index (χ1) is 9.95. The van der Waals surface area contributed by atoms with Gasteiger partial charge < -0.3 is 10.3 Å². The molecule has 0 aromatic carbocycles. The third kappa shape index (κ3) is 4.09. The Morgan fingerprint density at radius 2 is 2.05 bits per heavy atom. The molecule has 0 fully saturated rings. The molecule has 0 spiro atoms. The molecule has 1 amide bonds. The maximum absolute atomic E-state index is 11.9. The molecule has 2 N–H and O–H groups in total. The number of carbonyl (C=O) groups is 2. The number of nitrogens with one attached hydrogen (secondary N) is 2. The van der Waals surface area contributed by atoms with E-state index >= 15 is 0 Å². The maximum atomic E-state index is 11.9. The number of amides is 1. The summed E-state index contributed by atoms with van der Waals surface area (Å²) in [6.07, 6.45) is 0.438. The van der Waals surface area contributed by atoms with Gasteiger partial charge >= 0.3 is 0 Å². The third-order valence-corrected chi connectivity index (χ3v) is 3.93. The molecule has 2 aromatic heterocycles. The van der Waals surface area contributed by atoms with Crippen LogP contribution in [0.5, 0.6) is 0 Å². The first kappa shape index (κ1) is 15.1. The summed E-state index contributed by atoms with van der Waals surface area (Å²) >= 11 is 1.17. The van der Waals surface area contributed by atoms with Crippen molar-refractivity contribution in [3.05, 3.63) is 49.8 Å². The van der Waals surface area contributed by atoms with Crippen LogP contribution >= 0.6 is 11.3 Å². The predicted molar refractivity (Wildman–Crippen MR) is 80.0 cm³/mol. The number of nitrogens with zero attached hydrogens (tertiary/aromatic N) is 1. The van der Waals surface area contributed by atoms with Crippen LogP contribution in [0.25, 0.3) is 0 Å². The van der Waals surface area contributed by atoms with Gasteiger partial charge in [0.25, 0.3) is 11.5 Å². The number of aryl methyl sites for hydroxylation is 1. The van der Waals surface area contributed by atoms with Crippen LogP contribution < -0.4 is 10.9 Å². The van der Waals surface area contributed by atoms with Crippen LogP contribution in [0.1, 0.15) is 37.8 Å². The van der Waals surface area contributed by atoms with Crippen molar-refractivity contribution in [1.82, 2.24) is 15.3 Å². The molecule has 0 unspecified atom stereocenters. The monoisotopic (exact) mass is 305 g/mol. The van der Waals surface area contributed by atoms with E-state index < -0.39 is 0 Å². The first-order valence-electron chi connectivity index (χ1n) is 6.41. The predicted octanol–water partition coefficient (Wildman–Crippen LogP) is 1.31.